The zero-order valence-electron chi connectivity index (χ0n) is 21.4. The molecule has 0 saturated heterocycles. The molecule has 38 heavy (non-hydrogen) atoms. The van der Waals surface area contributed by atoms with Gasteiger partial charge in [-0.15, -0.1) is 0 Å². The summed E-state index contributed by atoms with van der Waals surface area (Å²) in [6.07, 6.45) is 8.07. The molecule has 0 N–H and O–H groups in total. The topological polar surface area (TPSA) is 12.9 Å². The Morgan fingerprint density at radius 3 is 1.24 bits per heavy atom. The second-order valence-electron chi connectivity index (χ2n) is 10.3. The molecule has 182 valence electrons. The van der Waals surface area contributed by atoms with Crippen LogP contribution in [0.3, 0.4) is 0 Å². The fourth-order valence-corrected chi connectivity index (χ4v) is 6.05. The van der Waals surface area contributed by atoms with Gasteiger partial charge >= 0.3 is 0 Å². The predicted molar refractivity (Wildman–Crippen MR) is 162 cm³/mol. The van der Waals surface area contributed by atoms with Crippen LogP contribution in [0.15, 0.2) is 128 Å². The fourth-order valence-electron chi connectivity index (χ4n) is 6.05. The summed E-state index contributed by atoms with van der Waals surface area (Å²) in [5.41, 5.74) is 5.44. The first-order valence-corrected chi connectivity index (χ1v) is 13.5. The largest absolute Gasteiger partial charge is 0.264 e. The Labute approximate surface area is 223 Å². The number of benzene rings is 6. The monoisotopic (exact) mass is 487 g/mol. The highest BCUT2D eigenvalue weighted by atomic mass is 14.6. The van der Waals surface area contributed by atoms with Gasteiger partial charge in [0.15, 0.2) is 0 Å². The average Bonchev–Trinajstić information content (AvgIpc) is 2.99. The summed E-state index contributed by atoms with van der Waals surface area (Å²) in [7, 11) is 0. The quantitative estimate of drug-likeness (QED) is 0.213. The van der Waals surface area contributed by atoms with E-state index in [1.807, 2.05) is 12.4 Å². The van der Waals surface area contributed by atoms with Gasteiger partial charge in [-0.3, -0.25) is 4.98 Å². The maximum absolute atomic E-state index is 4.63. The minimum absolute atomic E-state index is 0.988. The number of pyridine rings is 1. The van der Waals surface area contributed by atoms with Crippen molar-refractivity contribution < 1.29 is 0 Å². The van der Waals surface area contributed by atoms with Crippen molar-refractivity contribution >= 4 is 43.1 Å². The first-order chi connectivity index (χ1) is 18.8. The number of aryl methyl sites for hydroxylation is 4. The molecule has 0 aliphatic rings. The molecule has 0 radical (unpaired) electrons. The van der Waals surface area contributed by atoms with Gasteiger partial charge in [-0.2, -0.15) is 0 Å². The van der Waals surface area contributed by atoms with E-state index in [-0.39, 0.29) is 0 Å². The Bertz CT molecular complexity index is 1790. The zero-order valence-corrected chi connectivity index (χ0v) is 21.4. The molecule has 1 heterocycles. The Hall–Kier alpha value is -4.49. The number of hydrogen-bond acceptors (Lipinski definition) is 1. The number of fused-ring (bicyclic) bond motifs is 6. The molecule has 1 nitrogen and oxygen atoms in total. The molecule has 0 fully saturated rings. The molecule has 0 aliphatic carbocycles. The molecule has 0 spiro atoms. The van der Waals surface area contributed by atoms with Crippen LogP contribution in [0, 0.1) is 0 Å². The third-order valence-corrected chi connectivity index (χ3v) is 7.92. The normalized spacial score (nSPS) is 11.6. The number of hydrogen-bond donors (Lipinski definition) is 0. The fraction of sp³-hybridized carbons (Fsp3) is 0.108. The van der Waals surface area contributed by atoms with Crippen LogP contribution in [0.5, 0.6) is 0 Å². The Balaban J connectivity index is 1.14. The summed E-state index contributed by atoms with van der Waals surface area (Å²) in [5, 5.41) is 10.7. The molecule has 1 aromatic heterocycles. The summed E-state index contributed by atoms with van der Waals surface area (Å²) in [6.45, 7) is 0. The van der Waals surface area contributed by atoms with E-state index in [1.165, 1.54) is 65.3 Å². The van der Waals surface area contributed by atoms with Crippen LogP contribution in [0.25, 0.3) is 43.1 Å². The summed E-state index contributed by atoms with van der Waals surface area (Å²) in [5.74, 6) is 0. The number of nitrogens with zero attached hydrogens (tertiary/aromatic N) is 1. The molecular formula is C37H29N. The smallest absolute Gasteiger partial charge is 0.0300 e. The van der Waals surface area contributed by atoms with Gasteiger partial charge in [0.05, 0.1) is 0 Å². The molecule has 7 aromatic rings. The van der Waals surface area contributed by atoms with Gasteiger partial charge in [0.2, 0.25) is 0 Å². The van der Waals surface area contributed by atoms with Gasteiger partial charge in [-0.1, -0.05) is 115 Å². The highest BCUT2D eigenvalue weighted by Gasteiger charge is 2.09. The van der Waals surface area contributed by atoms with E-state index in [2.05, 4.69) is 120 Å². The zero-order chi connectivity index (χ0) is 25.3. The molecule has 6 aromatic carbocycles. The highest BCUT2D eigenvalue weighted by molar-refractivity contribution is 6.09. The van der Waals surface area contributed by atoms with Gasteiger partial charge in [0, 0.05) is 12.4 Å². The lowest BCUT2D eigenvalue weighted by molar-refractivity contribution is 0.921. The second-order valence-corrected chi connectivity index (χ2v) is 10.3. The average molecular weight is 488 g/mol. The van der Waals surface area contributed by atoms with E-state index in [1.54, 1.807) is 0 Å². The molecule has 0 amide bonds. The van der Waals surface area contributed by atoms with Crippen molar-refractivity contribution in [2.24, 2.45) is 0 Å². The van der Waals surface area contributed by atoms with E-state index in [0.29, 0.717) is 0 Å². The van der Waals surface area contributed by atoms with Gasteiger partial charge in [0.1, 0.15) is 0 Å². The first-order valence-electron chi connectivity index (χ1n) is 13.5. The van der Waals surface area contributed by atoms with E-state index in [9.17, 15) is 0 Å². The Kier molecular flexibility index (Phi) is 5.83. The lowest BCUT2D eigenvalue weighted by Crippen LogP contribution is -1.98. The third kappa shape index (κ3) is 4.21. The maximum Gasteiger partial charge on any atom is 0.0300 e. The van der Waals surface area contributed by atoms with Gasteiger partial charge in [-0.25, -0.2) is 0 Å². The van der Waals surface area contributed by atoms with Crippen molar-refractivity contribution in [3.63, 3.8) is 0 Å². The van der Waals surface area contributed by atoms with Crippen LogP contribution >= 0.6 is 0 Å². The summed E-state index contributed by atoms with van der Waals surface area (Å²) >= 11 is 0. The molecular weight excluding hydrogens is 458 g/mol. The van der Waals surface area contributed by atoms with E-state index < -0.39 is 0 Å². The number of rotatable bonds is 6. The predicted octanol–water partition coefficient (Wildman–Crippen LogP) is 9.26. The second kappa shape index (κ2) is 9.76. The van der Waals surface area contributed by atoms with Crippen molar-refractivity contribution in [3.05, 3.63) is 150 Å². The van der Waals surface area contributed by atoms with E-state index >= 15 is 0 Å². The van der Waals surface area contributed by atoms with Crippen LogP contribution in [-0.2, 0) is 25.7 Å². The van der Waals surface area contributed by atoms with Crippen LogP contribution in [-0.4, -0.2) is 4.98 Å². The van der Waals surface area contributed by atoms with E-state index in [4.69, 9.17) is 0 Å². The summed E-state index contributed by atoms with van der Waals surface area (Å²) < 4.78 is 0. The van der Waals surface area contributed by atoms with Crippen molar-refractivity contribution in [1.82, 2.24) is 4.98 Å². The molecule has 0 aliphatic heterocycles. The van der Waals surface area contributed by atoms with Crippen molar-refractivity contribution in [1.29, 1.82) is 0 Å². The summed E-state index contributed by atoms with van der Waals surface area (Å²) in [6, 6.07) is 42.2. The maximum atomic E-state index is 4.63. The minimum Gasteiger partial charge on any atom is -0.264 e. The van der Waals surface area contributed by atoms with Crippen molar-refractivity contribution in [3.8, 4) is 0 Å². The first kappa shape index (κ1) is 22.7. The van der Waals surface area contributed by atoms with Crippen LogP contribution in [0.2, 0.25) is 0 Å². The van der Waals surface area contributed by atoms with Gasteiger partial charge in [-0.05, 0) is 91.0 Å². The minimum atomic E-state index is 0.988. The molecule has 0 saturated carbocycles. The highest BCUT2D eigenvalue weighted by Crippen LogP contribution is 2.31. The molecule has 0 unspecified atom stereocenters. The van der Waals surface area contributed by atoms with Gasteiger partial charge in [0.25, 0.3) is 0 Å². The van der Waals surface area contributed by atoms with E-state index in [0.717, 1.165) is 25.7 Å². The number of aromatic nitrogens is 1. The summed E-state index contributed by atoms with van der Waals surface area (Å²) in [4.78, 5) is 4.63. The molecule has 0 bridgehead atoms. The Morgan fingerprint density at radius 2 is 0.763 bits per heavy atom. The molecule has 0 atom stereocenters. The lowest BCUT2D eigenvalue weighted by atomic mass is 9.93. The third-order valence-electron chi connectivity index (χ3n) is 7.92. The van der Waals surface area contributed by atoms with Crippen LogP contribution in [0.1, 0.15) is 22.3 Å². The van der Waals surface area contributed by atoms with Crippen molar-refractivity contribution in [2.75, 3.05) is 0 Å². The van der Waals surface area contributed by atoms with Crippen LogP contribution < -0.4 is 0 Å². The standard InChI is InChI=1S/C37H29N/c1-3-11-32-28(9-1)22-30(34-13-5-7-15-36(32)34)19-17-26-21-27(25-38-24-26)18-20-31-23-29-10-2-4-12-33(29)37-16-8-6-14-35(31)37/h1-16,21-25H,17-20H2. The van der Waals surface area contributed by atoms with Crippen LogP contribution in [0.4, 0.5) is 0 Å². The SMILES string of the molecule is c1ccc2c(c1)cc(CCc1cncc(CCc3cc4ccccc4c4ccccc34)c1)c1ccccc12. The lowest BCUT2D eigenvalue weighted by Gasteiger charge is -2.12. The molecule has 7 rings (SSSR count). The van der Waals surface area contributed by atoms with Crippen molar-refractivity contribution in [2.45, 2.75) is 25.7 Å². The van der Waals surface area contributed by atoms with Gasteiger partial charge < -0.3 is 0 Å². The molecule has 1 heteroatoms. The Morgan fingerprint density at radius 1 is 0.368 bits per heavy atom.